The SMILES string of the molecule is CN(C)C(=O)N(C)c1ccc(C(=O)O)cc1. The number of aromatic carboxylic acids is 1. The van der Waals surface area contributed by atoms with E-state index in [9.17, 15) is 9.59 Å². The summed E-state index contributed by atoms with van der Waals surface area (Å²) in [5.41, 5.74) is 0.859. The van der Waals surface area contributed by atoms with Gasteiger partial charge in [0.1, 0.15) is 0 Å². The quantitative estimate of drug-likeness (QED) is 0.824. The summed E-state index contributed by atoms with van der Waals surface area (Å²) >= 11 is 0. The molecule has 86 valence electrons. The number of rotatable bonds is 2. The average molecular weight is 222 g/mol. The summed E-state index contributed by atoms with van der Waals surface area (Å²) in [4.78, 5) is 25.1. The zero-order chi connectivity index (χ0) is 12.3. The van der Waals surface area contributed by atoms with Gasteiger partial charge in [-0.05, 0) is 24.3 Å². The first-order chi connectivity index (χ1) is 7.43. The Balaban J connectivity index is 2.89. The van der Waals surface area contributed by atoms with E-state index in [2.05, 4.69) is 0 Å². The molecule has 1 aromatic carbocycles. The summed E-state index contributed by atoms with van der Waals surface area (Å²) in [6.07, 6.45) is 0. The zero-order valence-corrected chi connectivity index (χ0v) is 9.47. The molecular formula is C11H14N2O3. The molecule has 0 saturated carbocycles. The minimum Gasteiger partial charge on any atom is -0.478 e. The van der Waals surface area contributed by atoms with Crippen LogP contribution >= 0.6 is 0 Å². The lowest BCUT2D eigenvalue weighted by molar-refractivity contribution is 0.0697. The second-order valence-electron chi connectivity index (χ2n) is 3.59. The van der Waals surface area contributed by atoms with Crippen LogP contribution in [0.5, 0.6) is 0 Å². The van der Waals surface area contributed by atoms with Crippen LogP contribution in [0.3, 0.4) is 0 Å². The Morgan fingerprint density at radius 1 is 1.06 bits per heavy atom. The van der Waals surface area contributed by atoms with Gasteiger partial charge in [0, 0.05) is 26.8 Å². The first-order valence-electron chi connectivity index (χ1n) is 4.72. The highest BCUT2D eigenvalue weighted by Crippen LogP contribution is 2.14. The number of hydrogen-bond acceptors (Lipinski definition) is 2. The molecule has 0 aromatic heterocycles. The van der Waals surface area contributed by atoms with Gasteiger partial charge in [-0.2, -0.15) is 0 Å². The Bertz CT molecular complexity index is 398. The molecule has 1 aromatic rings. The fourth-order valence-electron chi connectivity index (χ4n) is 1.24. The predicted molar refractivity (Wildman–Crippen MR) is 60.9 cm³/mol. The molecule has 0 aliphatic carbocycles. The van der Waals surface area contributed by atoms with Crippen molar-refractivity contribution >= 4 is 17.7 Å². The maximum absolute atomic E-state index is 11.6. The van der Waals surface area contributed by atoms with Crippen molar-refractivity contribution in [3.05, 3.63) is 29.8 Å². The Kier molecular flexibility index (Phi) is 3.50. The standard InChI is InChI=1S/C11H14N2O3/c1-12(2)11(16)13(3)9-6-4-8(5-7-9)10(14)15/h4-7H,1-3H3,(H,14,15). The van der Waals surface area contributed by atoms with Gasteiger partial charge < -0.3 is 10.0 Å². The second-order valence-corrected chi connectivity index (χ2v) is 3.59. The molecule has 1 N–H and O–H groups in total. The molecule has 0 spiro atoms. The third kappa shape index (κ3) is 2.50. The molecule has 0 heterocycles. The predicted octanol–water partition coefficient (Wildman–Crippen LogP) is 1.50. The van der Waals surface area contributed by atoms with Gasteiger partial charge in [0.15, 0.2) is 0 Å². The topological polar surface area (TPSA) is 60.9 Å². The normalized spacial score (nSPS) is 9.69. The van der Waals surface area contributed by atoms with Gasteiger partial charge in [0.2, 0.25) is 0 Å². The molecular weight excluding hydrogens is 208 g/mol. The van der Waals surface area contributed by atoms with Gasteiger partial charge in [0.05, 0.1) is 5.56 Å². The summed E-state index contributed by atoms with van der Waals surface area (Å²) in [6, 6.07) is 5.98. The van der Waals surface area contributed by atoms with Gasteiger partial charge in [-0.25, -0.2) is 9.59 Å². The van der Waals surface area contributed by atoms with Crippen molar-refractivity contribution in [2.24, 2.45) is 0 Å². The molecule has 0 unspecified atom stereocenters. The van der Waals surface area contributed by atoms with Crippen LogP contribution in [0.15, 0.2) is 24.3 Å². The monoisotopic (exact) mass is 222 g/mol. The van der Waals surface area contributed by atoms with Crippen LogP contribution in [0, 0.1) is 0 Å². The number of urea groups is 1. The molecule has 0 radical (unpaired) electrons. The Hall–Kier alpha value is -2.04. The Labute approximate surface area is 93.9 Å². The van der Waals surface area contributed by atoms with E-state index in [-0.39, 0.29) is 11.6 Å². The number of carboxylic acid groups (broad SMARTS) is 1. The van der Waals surface area contributed by atoms with E-state index in [0.717, 1.165) is 0 Å². The molecule has 16 heavy (non-hydrogen) atoms. The van der Waals surface area contributed by atoms with E-state index < -0.39 is 5.97 Å². The summed E-state index contributed by atoms with van der Waals surface area (Å²) in [5.74, 6) is -0.979. The smallest absolute Gasteiger partial charge is 0.335 e. The number of hydrogen-bond donors (Lipinski definition) is 1. The number of carbonyl (C=O) groups excluding carboxylic acids is 1. The Morgan fingerprint density at radius 2 is 1.56 bits per heavy atom. The summed E-state index contributed by atoms with van der Waals surface area (Å²) in [5, 5.41) is 8.72. The number of carbonyl (C=O) groups is 2. The van der Waals surface area contributed by atoms with Gasteiger partial charge in [-0.15, -0.1) is 0 Å². The largest absolute Gasteiger partial charge is 0.478 e. The van der Waals surface area contributed by atoms with Gasteiger partial charge in [-0.1, -0.05) is 0 Å². The maximum Gasteiger partial charge on any atom is 0.335 e. The van der Waals surface area contributed by atoms with Crippen LogP contribution in [0.4, 0.5) is 10.5 Å². The third-order valence-electron chi connectivity index (χ3n) is 2.17. The average Bonchev–Trinajstić information content (AvgIpc) is 2.27. The van der Waals surface area contributed by atoms with Crippen LogP contribution in [0.2, 0.25) is 0 Å². The number of nitrogens with zero attached hydrogens (tertiary/aromatic N) is 2. The van der Waals surface area contributed by atoms with E-state index >= 15 is 0 Å². The van der Waals surface area contributed by atoms with Gasteiger partial charge >= 0.3 is 12.0 Å². The van der Waals surface area contributed by atoms with Crippen LogP contribution in [-0.2, 0) is 0 Å². The fourth-order valence-corrected chi connectivity index (χ4v) is 1.24. The molecule has 5 nitrogen and oxygen atoms in total. The van der Waals surface area contributed by atoms with Crippen molar-refractivity contribution in [3.63, 3.8) is 0 Å². The molecule has 2 amide bonds. The highest BCUT2D eigenvalue weighted by Gasteiger charge is 2.12. The summed E-state index contributed by atoms with van der Waals surface area (Å²) < 4.78 is 0. The van der Waals surface area contributed by atoms with Crippen molar-refractivity contribution in [2.75, 3.05) is 26.0 Å². The molecule has 0 saturated heterocycles. The minimum atomic E-state index is -0.979. The van der Waals surface area contributed by atoms with E-state index in [1.54, 1.807) is 33.3 Å². The minimum absolute atomic E-state index is 0.164. The zero-order valence-electron chi connectivity index (χ0n) is 9.47. The third-order valence-corrected chi connectivity index (χ3v) is 2.17. The number of amides is 2. The van der Waals surface area contributed by atoms with Crippen LogP contribution < -0.4 is 4.90 Å². The first kappa shape index (κ1) is 12.0. The fraction of sp³-hybridized carbons (Fsp3) is 0.273. The lowest BCUT2D eigenvalue weighted by Gasteiger charge is -2.21. The molecule has 1 rings (SSSR count). The van der Waals surface area contributed by atoms with E-state index in [0.29, 0.717) is 5.69 Å². The molecule has 0 atom stereocenters. The number of anilines is 1. The number of benzene rings is 1. The van der Waals surface area contributed by atoms with Crippen LogP contribution in [0.1, 0.15) is 10.4 Å². The van der Waals surface area contributed by atoms with Gasteiger partial charge in [0.25, 0.3) is 0 Å². The molecule has 5 heteroatoms. The molecule has 0 aliphatic heterocycles. The molecule has 0 fully saturated rings. The Morgan fingerprint density at radius 3 is 1.94 bits per heavy atom. The van der Waals surface area contributed by atoms with Crippen molar-refractivity contribution in [1.82, 2.24) is 4.90 Å². The van der Waals surface area contributed by atoms with E-state index in [1.807, 2.05) is 0 Å². The highest BCUT2D eigenvalue weighted by atomic mass is 16.4. The van der Waals surface area contributed by atoms with Crippen molar-refractivity contribution in [1.29, 1.82) is 0 Å². The van der Waals surface area contributed by atoms with Crippen LogP contribution in [-0.4, -0.2) is 43.1 Å². The molecule has 0 aliphatic rings. The van der Waals surface area contributed by atoms with Crippen molar-refractivity contribution < 1.29 is 14.7 Å². The lowest BCUT2D eigenvalue weighted by Crippen LogP contribution is -2.36. The highest BCUT2D eigenvalue weighted by molar-refractivity contribution is 5.92. The van der Waals surface area contributed by atoms with E-state index in [4.69, 9.17) is 5.11 Å². The van der Waals surface area contributed by atoms with Crippen molar-refractivity contribution in [3.8, 4) is 0 Å². The van der Waals surface area contributed by atoms with Crippen LogP contribution in [0.25, 0.3) is 0 Å². The molecule has 0 bridgehead atoms. The number of carboxylic acids is 1. The van der Waals surface area contributed by atoms with Gasteiger partial charge in [-0.3, -0.25) is 4.90 Å². The summed E-state index contributed by atoms with van der Waals surface area (Å²) in [7, 11) is 4.95. The lowest BCUT2D eigenvalue weighted by atomic mass is 10.2. The van der Waals surface area contributed by atoms with E-state index in [1.165, 1.54) is 21.9 Å². The summed E-state index contributed by atoms with van der Waals surface area (Å²) in [6.45, 7) is 0. The second kappa shape index (κ2) is 4.65. The maximum atomic E-state index is 11.6. The first-order valence-corrected chi connectivity index (χ1v) is 4.72. The van der Waals surface area contributed by atoms with Crippen molar-refractivity contribution in [2.45, 2.75) is 0 Å².